The second-order valence-electron chi connectivity index (χ2n) is 7.09. The molecule has 1 saturated heterocycles. The van der Waals surface area contributed by atoms with Gasteiger partial charge in [0.15, 0.2) is 6.61 Å². The Labute approximate surface area is 163 Å². The average Bonchev–Trinajstić information content (AvgIpc) is 2.93. The van der Waals surface area contributed by atoms with Crippen molar-refractivity contribution < 1.29 is 23.9 Å². The van der Waals surface area contributed by atoms with Crippen LogP contribution in [0.1, 0.15) is 30.9 Å². The van der Waals surface area contributed by atoms with Gasteiger partial charge in [0.25, 0.3) is 5.91 Å². The monoisotopic (exact) mass is 384 g/mol. The molecular weight excluding hydrogens is 360 g/mol. The Hall–Kier alpha value is -2.96. The summed E-state index contributed by atoms with van der Waals surface area (Å²) in [5.41, 5.74) is 2.63. The summed E-state index contributed by atoms with van der Waals surface area (Å²) < 4.78 is 4.99. The number of rotatable bonds is 6. The van der Waals surface area contributed by atoms with E-state index >= 15 is 0 Å². The van der Waals surface area contributed by atoms with E-state index in [9.17, 15) is 19.2 Å². The van der Waals surface area contributed by atoms with Crippen molar-refractivity contribution in [3.63, 3.8) is 0 Å². The number of fused-ring (bicyclic) bond motifs is 1. The Morgan fingerprint density at radius 1 is 1.14 bits per heavy atom. The van der Waals surface area contributed by atoms with Crippen molar-refractivity contribution in [2.24, 2.45) is 11.8 Å². The highest BCUT2D eigenvalue weighted by molar-refractivity contribution is 6.07. The fourth-order valence-corrected chi connectivity index (χ4v) is 3.72. The summed E-state index contributed by atoms with van der Waals surface area (Å²) in [6.07, 6.45) is 5.55. The molecule has 1 N–H and O–H groups in total. The molecule has 1 heterocycles. The number of para-hydroxylation sites is 1. The van der Waals surface area contributed by atoms with E-state index in [1.54, 1.807) is 0 Å². The van der Waals surface area contributed by atoms with Crippen LogP contribution in [0.2, 0.25) is 0 Å². The molecule has 2 atom stereocenters. The Kier molecular flexibility index (Phi) is 5.92. The van der Waals surface area contributed by atoms with Gasteiger partial charge in [-0.2, -0.15) is 0 Å². The van der Waals surface area contributed by atoms with Gasteiger partial charge in [-0.3, -0.25) is 24.1 Å². The van der Waals surface area contributed by atoms with Crippen LogP contribution in [0.4, 0.5) is 5.69 Å². The van der Waals surface area contributed by atoms with E-state index in [0.29, 0.717) is 18.5 Å². The number of likely N-dealkylation sites (tertiary alicyclic amines) is 1. The number of nitrogens with zero attached hydrogens (tertiary/aromatic N) is 1. The van der Waals surface area contributed by atoms with E-state index in [-0.39, 0.29) is 23.7 Å². The predicted octanol–water partition coefficient (Wildman–Crippen LogP) is 1.99. The molecule has 1 aliphatic heterocycles. The molecule has 2 aliphatic rings. The Balaban J connectivity index is 1.53. The van der Waals surface area contributed by atoms with Crippen molar-refractivity contribution in [1.82, 2.24) is 4.90 Å². The van der Waals surface area contributed by atoms with Crippen molar-refractivity contribution >= 4 is 29.4 Å². The number of ether oxygens (including phenoxy) is 1. The van der Waals surface area contributed by atoms with Gasteiger partial charge in [-0.1, -0.05) is 37.3 Å². The van der Waals surface area contributed by atoms with Gasteiger partial charge in [0, 0.05) is 5.69 Å². The maximum Gasteiger partial charge on any atom is 0.326 e. The third kappa shape index (κ3) is 3.98. The predicted molar refractivity (Wildman–Crippen MR) is 102 cm³/mol. The van der Waals surface area contributed by atoms with E-state index in [0.717, 1.165) is 22.4 Å². The summed E-state index contributed by atoms with van der Waals surface area (Å²) in [4.78, 5) is 49.9. The van der Waals surface area contributed by atoms with Crippen LogP contribution in [0.25, 0.3) is 0 Å². The van der Waals surface area contributed by atoms with E-state index in [4.69, 9.17) is 4.74 Å². The van der Waals surface area contributed by atoms with Crippen molar-refractivity contribution in [2.45, 2.75) is 33.1 Å². The van der Waals surface area contributed by atoms with Crippen molar-refractivity contribution in [3.05, 3.63) is 41.5 Å². The zero-order chi connectivity index (χ0) is 20.3. The number of anilines is 1. The van der Waals surface area contributed by atoms with E-state index in [2.05, 4.69) is 5.32 Å². The number of hydrogen-bond donors (Lipinski definition) is 1. The van der Waals surface area contributed by atoms with Gasteiger partial charge in [-0.05, 0) is 37.3 Å². The number of carbonyl (C=O) groups excluding carboxylic acids is 4. The van der Waals surface area contributed by atoms with Gasteiger partial charge in [0.2, 0.25) is 11.8 Å². The minimum atomic E-state index is -0.774. The van der Waals surface area contributed by atoms with Crippen LogP contribution in [-0.2, 0) is 30.3 Å². The number of amides is 3. The maximum atomic E-state index is 12.4. The molecule has 0 aromatic heterocycles. The van der Waals surface area contributed by atoms with Gasteiger partial charge in [0.1, 0.15) is 6.54 Å². The summed E-state index contributed by atoms with van der Waals surface area (Å²) in [7, 11) is 0. The number of nitrogens with one attached hydrogen (secondary N) is 1. The van der Waals surface area contributed by atoms with E-state index < -0.39 is 25.0 Å². The first-order chi connectivity index (χ1) is 13.4. The number of aryl methyl sites for hydroxylation is 2. The quantitative estimate of drug-likeness (QED) is 0.460. The molecule has 0 radical (unpaired) electrons. The van der Waals surface area contributed by atoms with Crippen LogP contribution in [0.15, 0.2) is 30.4 Å². The highest BCUT2D eigenvalue weighted by Gasteiger charge is 2.47. The first kappa shape index (κ1) is 19.8. The summed E-state index contributed by atoms with van der Waals surface area (Å²) in [6, 6.07) is 5.73. The van der Waals surface area contributed by atoms with Crippen LogP contribution in [0, 0.1) is 18.8 Å². The minimum absolute atomic E-state index is 0.340. The highest BCUT2D eigenvalue weighted by Crippen LogP contribution is 2.34. The molecule has 28 heavy (non-hydrogen) atoms. The smallest absolute Gasteiger partial charge is 0.326 e. The molecule has 1 aliphatic carbocycles. The molecular formula is C21H24N2O5. The van der Waals surface area contributed by atoms with Crippen LogP contribution < -0.4 is 5.32 Å². The molecule has 0 spiro atoms. The number of carbonyl (C=O) groups is 4. The van der Waals surface area contributed by atoms with Crippen LogP contribution in [0.5, 0.6) is 0 Å². The molecule has 3 amide bonds. The zero-order valence-electron chi connectivity index (χ0n) is 16.1. The van der Waals surface area contributed by atoms with Crippen LogP contribution >= 0.6 is 0 Å². The first-order valence-electron chi connectivity index (χ1n) is 9.46. The summed E-state index contributed by atoms with van der Waals surface area (Å²) in [5.74, 6) is -2.69. The number of allylic oxidation sites excluding steroid dienone is 2. The molecule has 0 bridgehead atoms. The van der Waals surface area contributed by atoms with Crippen molar-refractivity contribution in [3.8, 4) is 0 Å². The van der Waals surface area contributed by atoms with Crippen LogP contribution in [0.3, 0.4) is 0 Å². The van der Waals surface area contributed by atoms with Gasteiger partial charge in [-0.15, -0.1) is 0 Å². The molecule has 7 heteroatoms. The third-order valence-corrected chi connectivity index (χ3v) is 5.25. The van der Waals surface area contributed by atoms with Crippen molar-refractivity contribution in [1.29, 1.82) is 0 Å². The lowest BCUT2D eigenvalue weighted by molar-refractivity contribution is -0.154. The zero-order valence-corrected chi connectivity index (χ0v) is 16.1. The third-order valence-electron chi connectivity index (χ3n) is 5.25. The molecule has 1 aromatic rings. The Morgan fingerprint density at radius 2 is 1.79 bits per heavy atom. The Bertz CT molecular complexity index is 819. The van der Waals surface area contributed by atoms with E-state index in [1.807, 2.05) is 44.2 Å². The van der Waals surface area contributed by atoms with Gasteiger partial charge >= 0.3 is 5.97 Å². The molecule has 1 aromatic carbocycles. The topological polar surface area (TPSA) is 92.8 Å². The van der Waals surface area contributed by atoms with Gasteiger partial charge in [0.05, 0.1) is 11.8 Å². The minimum Gasteiger partial charge on any atom is -0.454 e. The summed E-state index contributed by atoms with van der Waals surface area (Å²) >= 11 is 0. The second-order valence-corrected chi connectivity index (χ2v) is 7.09. The highest BCUT2D eigenvalue weighted by atomic mass is 16.5. The molecule has 148 valence electrons. The fourth-order valence-electron chi connectivity index (χ4n) is 3.72. The SMILES string of the molecule is CCc1cccc(C)c1NC(=O)COC(=O)CN1C(=O)[C@H]2CC=CC[C@@H]2C1=O. The Morgan fingerprint density at radius 3 is 2.39 bits per heavy atom. The number of hydrogen-bond acceptors (Lipinski definition) is 5. The maximum absolute atomic E-state index is 12.4. The van der Waals surface area contributed by atoms with Crippen molar-refractivity contribution in [2.75, 3.05) is 18.5 Å². The lowest BCUT2D eigenvalue weighted by Gasteiger charge is -2.15. The lowest BCUT2D eigenvalue weighted by Crippen LogP contribution is -2.37. The molecule has 0 unspecified atom stereocenters. The van der Waals surface area contributed by atoms with E-state index in [1.165, 1.54) is 0 Å². The number of esters is 1. The van der Waals surface area contributed by atoms with Gasteiger partial charge < -0.3 is 10.1 Å². The molecule has 7 nitrogen and oxygen atoms in total. The normalized spacial score (nSPS) is 20.9. The number of benzene rings is 1. The lowest BCUT2D eigenvalue weighted by atomic mass is 9.85. The van der Waals surface area contributed by atoms with Gasteiger partial charge in [-0.25, -0.2) is 0 Å². The standard InChI is InChI=1S/C21H24N2O5/c1-3-14-8-6-7-13(2)19(14)22-17(24)12-28-18(25)11-23-20(26)15-9-4-5-10-16(15)21(23)27/h4-8,15-16H,3,9-12H2,1-2H3,(H,22,24)/t15-,16-/m0/s1. The molecule has 3 rings (SSSR count). The second kappa shape index (κ2) is 8.37. The largest absolute Gasteiger partial charge is 0.454 e. The number of imide groups is 1. The summed E-state index contributed by atoms with van der Waals surface area (Å²) in [6.45, 7) is 2.95. The molecule has 0 saturated carbocycles. The van der Waals surface area contributed by atoms with Crippen LogP contribution in [-0.4, -0.2) is 41.7 Å². The molecule has 1 fully saturated rings. The average molecular weight is 384 g/mol. The summed E-state index contributed by atoms with van der Waals surface area (Å²) in [5, 5.41) is 2.77. The fraction of sp³-hybridized carbons (Fsp3) is 0.429. The first-order valence-corrected chi connectivity index (χ1v) is 9.46.